The minimum atomic E-state index is 0.267. The topological polar surface area (TPSA) is 9.23 Å². The van der Waals surface area contributed by atoms with Gasteiger partial charge in [-0.25, -0.2) is 0 Å². The van der Waals surface area contributed by atoms with Crippen LogP contribution in [0.2, 0.25) is 5.02 Å². The van der Waals surface area contributed by atoms with Gasteiger partial charge in [0.15, 0.2) is 0 Å². The van der Waals surface area contributed by atoms with Crippen LogP contribution in [0.15, 0.2) is 24.3 Å². The molecule has 1 atom stereocenters. The quantitative estimate of drug-likeness (QED) is 0.722. The SMILES string of the molecule is CCOC(C)Cc1cccc(Cl)c1. The third-order valence-electron chi connectivity index (χ3n) is 1.86. The Balaban J connectivity index is 2.53. The Morgan fingerprint density at radius 2 is 2.23 bits per heavy atom. The van der Waals surface area contributed by atoms with Gasteiger partial charge >= 0.3 is 0 Å². The Kier molecular flexibility index (Phi) is 4.26. The van der Waals surface area contributed by atoms with Gasteiger partial charge in [-0.3, -0.25) is 0 Å². The summed E-state index contributed by atoms with van der Waals surface area (Å²) in [6.07, 6.45) is 1.19. The molecular weight excluding hydrogens is 184 g/mol. The van der Waals surface area contributed by atoms with E-state index in [0.29, 0.717) is 0 Å². The molecule has 0 spiro atoms. The van der Waals surface area contributed by atoms with Crippen molar-refractivity contribution in [2.45, 2.75) is 26.4 Å². The Labute approximate surface area is 84.7 Å². The van der Waals surface area contributed by atoms with Crippen LogP contribution in [0.5, 0.6) is 0 Å². The molecule has 2 heteroatoms. The molecule has 0 aliphatic rings. The predicted molar refractivity (Wildman–Crippen MR) is 56.2 cm³/mol. The van der Waals surface area contributed by atoms with E-state index >= 15 is 0 Å². The Hall–Kier alpha value is -0.530. The van der Waals surface area contributed by atoms with E-state index in [-0.39, 0.29) is 6.10 Å². The van der Waals surface area contributed by atoms with Crippen LogP contribution >= 0.6 is 11.6 Å². The van der Waals surface area contributed by atoms with Crippen molar-refractivity contribution in [2.24, 2.45) is 0 Å². The molecule has 13 heavy (non-hydrogen) atoms. The molecule has 0 aliphatic carbocycles. The van der Waals surface area contributed by atoms with Crippen LogP contribution in [0.1, 0.15) is 19.4 Å². The van der Waals surface area contributed by atoms with Gasteiger partial charge in [0.25, 0.3) is 0 Å². The molecular formula is C11H15ClO. The lowest BCUT2D eigenvalue weighted by Crippen LogP contribution is -2.11. The van der Waals surface area contributed by atoms with Gasteiger partial charge in [-0.2, -0.15) is 0 Å². The van der Waals surface area contributed by atoms with Crippen LogP contribution in [-0.4, -0.2) is 12.7 Å². The van der Waals surface area contributed by atoms with Crippen molar-refractivity contribution in [1.82, 2.24) is 0 Å². The number of rotatable bonds is 4. The van der Waals surface area contributed by atoms with Gasteiger partial charge in [-0.05, 0) is 38.0 Å². The lowest BCUT2D eigenvalue weighted by molar-refractivity contribution is 0.0768. The summed E-state index contributed by atoms with van der Waals surface area (Å²) in [6, 6.07) is 7.91. The van der Waals surface area contributed by atoms with Crippen LogP contribution in [0.4, 0.5) is 0 Å². The second-order valence-electron chi connectivity index (χ2n) is 3.10. The second kappa shape index (κ2) is 5.25. The molecule has 1 nitrogen and oxygen atoms in total. The van der Waals surface area contributed by atoms with E-state index in [4.69, 9.17) is 16.3 Å². The molecule has 0 radical (unpaired) electrons. The van der Waals surface area contributed by atoms with E-state index in [2.05, 4.69) is 13.0 Å². The highest BCUT2D eigenvalue weighted by molar-refractivity contribution is 6.30. The van der Waals surface area contributed by atoms with Gasteiger partial charge in [-0.15, -0.1) is 0 Å². The normalized spacial score (nSPS) is 12.8. The summed E-state index contributed by atoms with van der Waals surface area (Å²) in [4.78, 5) is 0. The Morgan fingerprint density at radius 3 is 2.85 bits per heavy atom. The summed E-state index contributed by atoms with van der Waals surface area (Å²) >= 11 is 5.86. The third kappa shape index (κ3) is 3.79. The van der Waals surface area contributed by atoms with E-state index in [9.17, 15) is 0 Å². The molecule has 1 unspecified atom stereocenters. The maximum atomic E-state index is 5.86. The fourth-order valence-electron chi connectivity index (χ4n) is 1.34. The molecule has 1 aromatic rings. The number of benzene rings is 1. The molecule has 72 valence electrons. The first-order valence-corrected chi connectivity index (χ1v) is 4.96. The van der Waals surface area contributed by atoms with E-state index in [1.54, 1.807) is 0 Å². The largest absolute Gasteiger partial charge is 0.378 e. The molecule has 0 N–H and O–H groups in total. The molecule has 0 aliphatic heterocycles. The zero-order chi connectivity index (χ0) is 9.68. The van der Waals surface area contributed by atoms with Gasteiger partial charge in [-0.1, -0.05) is 23.7 Å². The van der Waals surface area contributed by atoms with Crippen molar-refractivity contribution >= 4 is 11.6 Å². The average Bonchev–Trinajstić information content (AvgIpc) is 2.04. The molecule has 0 saturated carbocycles. The minimum absolute atomic E-state index is 0.267. The van der Waals surface area contributed by atoms with E-state index in [0.717, 1.165) is 18.1 Å². The summed E-state index contributed by atoms with van der Waals surface area (Å²) in [5.74, 6) is 0. The molecule has 1 rings (SSSR count). The number of halogens is 1. The van der Waals surface area contributed by atoms with Crippen LogP contribution in [0, 0.1) is 0 Å². The summed E-state index contributed by atoms with van der Waals surface area (Å²) < 4.78 is 5.44. The van der Waals surface area contributed by atoms with E-state index in [1.807, 2.05) is 25.1 Å². The van der Waals surface area contributed by atoms with Gasteiger partial charge in [0, 0.05) is 11.6 Å². The van der Waals surface area contributed by atoms with Crippen LogP contribution in [0.3, 0.4) is 0 Å². The average molecular weight is 199 g/mol. The van der Waals surface area contributed by atoms with Crippen molar-refractivity contribution in [3.8, 4) is 0 Å². The van der Waals surface area contributed by atoms with Crippen molar-refractivity contribution in [1.29, 1.82) is 0 Å². The lowest BCUT2D eigenvalue weighted by Gasteiger charge is -2.11. The smallest absolute Gasteiger partial charge is 0.0587 e. The van der Waals surface area contributed by atoms with Crippen LogP contribution in [0.25, 0.3) is 0 Å². The van der Waals surface area contributed by atoms with Crippen molar-refractivity contribution in [3.63, 3.8) is 0 Å². The number of hydrogen-bond acceptors (Lipinski definition) is 1. The van der Waals surface area contributed by atoms with Crippen molar-refractivity contribution in [2.75, 3.05) is 6.61 Å². The third-order valence-corrected chi connectivity index (χ3v) is 2.10. The zero-order valence-corrected chi connectivity index (χ0v) is 8.84. The molecule has 0 amide bonds. The molecule has 0 heterocycles. The van der Waals surface area contributed by atoms with Crippen molar-refractivity contribution < 1.29 is 4.74 Å². The monoisotopic (exact) mass is 198 g/mol. The standard InChI is InChI=1S/C11H15ClO/c1-3-13-9(2)7-10-5-4-6-11(12)8-10/h4-6,8-9H,3,7H2,1-2H3. The van der Waals surface area contributed by atoms with Gasteiger partial charge in [0.2, 0.25) is 0 Å². The van der Waals surface area contributed by atoms with Gasteiger partial charge < -0.3 is 4.74 Å². The molecule has 1 aromatic carbocycles. The maximum Gasteiger partial charge on any atom is 0.0587 e. The highest BCUT2D eigenvalue weighted by Crippen LogP contribution is 2.12. The Bertz CT molecular complexity index is 260. The second-order valence-corrected chi connectivity index (χ2v) is 3.54. The first-order chi connectivity index (χ1) is 6.22. The first-order valence-electron chi connectivity index (χ1n) is 4.58. The minimum Gasteiger partial charge on any atom is -0.378 e. The Morgan fingerprint density at radius 1 is 1.46 bits per heavy atom. The van der Waals surface area contributed by atoms with E-state index < -0.39 is 0 Å². The summed E-state index contributed by atoms with van der Waals surface area (Å²) in [7, 11) is 0. The number of ether oxygens (including phenoxy) is 1. The molecule has 0 fully saturated rings. The number of hydrogen-bond donors (Lipinski definition) is 0. The highest BCUT2D eigenvalue weighted by atomic mass is 35.5. The molecule has 0 bridgehead atoms. The summed E-state index contributed by atoms with van der Waals surface area (Å²) in [5, 5.41) is 0.793. The van der Waals surface area contributed by atoms with Gasteiger partial charge in [0.05, 0.1) is 6.10 Å². The van der Waals surface area contributed by atoms with Crippen LogP contribution in [-0.2, 0) is 11.2 Å². The zero-order valence-electron chi connectivity index (χ0n) is 8.09. The van der Waals surface area contributed by atoms with Crippen LogP contribution < -0.4 is 0 Å². The fourth-order valence-corrected chi connectivity index (χ4v) is 1.55. The summed E-state index contributed by atoms with van der Waals surface area (Å²) in [6.45, 7) is 4.85. The highest BCUT2D eigenvalue weighted by Gasteiger charge is 2.02. The lowest BCUT2D eigenvalue weighted by atomic mass is 10.1. The predicted octanol–water partition coefficient (Wildman–Crippen LogP) is 3.31. The first kappa shape index (κ1) is 10.6. The summed E-state index contributed by atoms with van der Waals surface area (Å²) in [5.41, 5.74) is 1.23. The molecule has 0 aromatic heterocycles. The fraction of sp³-hybridized carbons (Fsp3) is 0.455. The van der Waals surface area contributed by atoms with E-state index in [1.165, 1.54) is 5.56 Å². The van der Waals surface area contributed by atoms with Gasteiger partial charge in [0.1, 0.15) is 0 Å². The molecule has 0 saturated heterocycles. The maximum absolute atomic E-state index is 5.86. The van der Waals surface area contributed by atoms with Crippen molar-refractivity contribution in [3.05, 3.63) is 34.9 Å².